The molecule has 0 spiro atoms. The summed E-state index contributed by atoms with van der Waals surface area (Å²) in [6.45, 7) is 6.50. The molecule has 0 saturated carbocycles. The van der Waals surface area contributed by atoms with Crippen LogP contribution in [0.5, 0.6) is 0 Å². The van der Waals surface area contributed by atoms with Crippen LogP contribution in [0.25, 0.3) is 6.08 Å². The number of hydrogen-bond acceptors (Lipinski definition) is 4. The molecule has 2 N–H and O–H groups in total. The van der Waals surface area contributed by atoms with E-state index >= 15 is 0 Å². The van der Waals surface area contributed by atoms with Crippen LogP contribution in [-0.2, 0) is 16.1 Å². The van der Waals surface area contributed by atoms with Crippen molar-refractivity contribution in [2.24, 2.45) is 0 Å². The van der Waals surface area contributed by atoms with Gasteiger partial charge in [-0.1, -0.05) is 66.2 Å². The number of carboxylic acid groups (broad SMARTS) is 2. The Labute approximate surface area is 175 Å². The van der Waals surface area contributed by atoms with Crippen molar-refractivity contribution in [1.82, 2.24) is 9.80 Å². The first kappa shape index (κ1) is 22.6. The van der Waals surface area contributed by atoms with E-state index in [4.69, 9.17) is 31.4 Å². The number of hydrogen-bond donors (Lipinski definition) is 2. The van der Waals surface area contributed by atoms with E-state index in [1.807, 2.05) is 12.1 Å². The maximum atomic E-state index is 9.10. The number of piperazine rings is 1. The molecule has 0 unspecified atom stereocenters. The van der Waals surface area contributed by atoms with Crippen molar-refractivity contribution < 1.29 is 19.8 Å². The van der Waals surface area contributed by atoms with Crippen LogP contribution in [0.3, 0.4) is 0 Å². The number of halogens is 1. The largest absolute Gasteiger partial charge is 0.473 e. The van der Waals surface area contributed by atoms with Crippen LogP contribution in [0.1, 0.15) is 11.1 Å². The minimum absolute atomic E-state index is 0.826. The highest BCUT2D eigenvalue weighted by molar-refractivity contribution is 6.30. The average molecular weight is 417 g/mol. The molecular weight excluding hydrogens is 392 g/mol. The van der Waals surface area contributed by atoms with Gasteiger partial charge in [0.25, 0.3) is 0 Å². The molecule has 1 aliphatic heterocycles. The second kappa shape index (κ2) is 12.0. The highest BCUT2D eigenvalue weighted by atomic mass is 35.5. The lowest BCUT2D eigenvalue weighted by Gasteiger charge is -2.34. The van der Waals surface area contributed by atoms with Gasteiger partial charge in [0.05, 0.1) is 0 Å². The van der Waals surface area contributed by atoms with Crippen molar-refractivity contribution in [1.29, 1.82) is 0 Å². The Hall–Kier alpha value is -2.67. The van der Waals surface area contributed by atoms with Gasteiger partial charge in [0.15, 0.2) is 0 Å². The standard InChI is InChI=1S/C20H23ClN2.C2H2O4/c21-20-10-4-8-19(16-20)17-23-14-12-22(13-15-23)11-5-9-18-6-2-1-3-7-18;3-1(4)2(5)6/h1-10,16H,11-15,17H2;(H,3,4)(H,5,6). The van der Waals surface area contributed by atoms with Crippen LogP contribution in [-0.4, -0.2) is 64.7 Å². The zero-order chi connectivity index (χ0) is 21.1. The molecule has 0 atom stereocenters. The highest BCUT2D eigenvalue weighted by Crippen LogP contribution is 2.14. The van der Waals surface area contributed by atoms with E-state index in [0.717, 1.165) is 44.3 Å². The molecule has 7 heteroatoms. The van der Waals surface area contributed by atoms with Crippen LogP contribution in [0.2, 0.25) is 5.02 Å². The summed E-state index contributed by atoms with van der Waals surface area (Å²) >= 11 is 6.06. The first-order valence-corrected chi connectivity index (χ1v) is 9.69. The van der Waals surface area contributed by atoms with Gasteiger partial charge < -0.3 is 10.2 Å². The third kappa shape index (κ3) is 8.91. The van der Waals surface area contributed by atoms with E-state index in [-0.39, 0.29) is 0 Å². The third-order valence-electron chi connectivity index (χ3n) is 4.42. The number of aliphatic carboxylic acids is 2. The molecule has 3 rings (SSSR count). The summed E-state index contributed by atoms with van der Waals surface area (Å²) in [5, 5.41) is 15.6. The van der Waals surface area contributed by atoms with Gasteiger partial charge in [-0.3, -0.25) is 9.80 Å². The first-order valence-electron chi connectivity index (χ1n) is 9.31. The fraction of sp³-hybridized carbons (Fsp3) is 0.273. The fourth-order valence-electron chi connectivity index (χ4n) is 2.93. The summed E-state index contributed by atoms with van der Waals surface area (Å²) < 4.78 is 0. The molecule has 0 radical (unpaired) electrons. The molecule has 6 nitrogen and oxygen atoms in total. The normalized spacial score (nSPS) is 14.9. The molecule has 2 aromatic carbocycles. The van der Waals surface area contributed by atoms with Crippen LogP contribution < -0.4 is 0 Å². The molecule has 0 aromatic heterocycles. The number of carboxylic acids is 2. The Bertz CT molecular complexity index is 807. The molecular formula is C22H25ClN2O4. The molecule has 1 heterocycles. The van der Waals surface area contributed by atoms with Crippen molar-refractivity contribution in [3.63, 3.8) is 0 Å². The molecule has 0 bridgehead atoms. The molecule has 1 saturated heterocycles. The summed E-state index contributed by atoms with van der Waals surface area (Å²) in [6.07, 6.45) is 4.47. The molecule has 1 aliphatic rings. The van der Waals surface area contributed by atoms with E-state index in [1.54, 1.807) is 0 Å². The van der Waals surface area contributed by atoms with E-state index < -0.39 is 11.9 Å². The summed E-state index contributed by atoms with van der Waals surface area (Å²) in [5.74, 6) is -3.65. The lowest BCUT2D eigenvalue weighted by Crippen LogP contribution is -2.45. The van der Waals surface area contributed by atoms with Gasteiger partial charge in [0, 0.05) is 44.3 Å². The topological polar surface area (TPSA) is 81.1 Å². The van der Waals surface area contributed by atoms with E-state index in [1.165, 1.54) is 11.1 Å². The van der Waals surface area contributed by atoms with Gasteiger partial charge in [0.2, 0.25) is 0 Å². The van der Waals surface area contributed by atoms with Gasteiger partial charge in [-0.15, -0.1) is 0 Å². The zero-order valence-corrected chi connectivity index (χ0v) is 16.8. The van der Waals surface area contributed by atoms with Gasteiger partial charge in [-0.2, -0.15) is 0 Å². The number of rotatable bonds is 5. The van der Waals surface area contributed by atoms with Crippen LogP contribution in [0.4, 0.5) is 0 Å². The lowest BCUT2D eigenvalue weighted by atomic mass is 10.2. The van der Waals surface area contributed by atoms with Gasteiger partial charge in [0.1, 0.15) is 0 Å². The Kier molecular flexibility index (Phi) is 9.37. The predicted molar refractivity (Wildman–Crippen MR) is 114 cm³/mol. The van der Waals surface area contributed by atoms with E-state index in [9.17, 15) is 0 Å². The third-order valence-corrected chi connectivity index (χ3v) is 4.65. The van der Waals surface area contributed by atoms with Crippen LogP contribution in [0, 0.1) is 0 Å². The van der Waals surface area contributed by atoms with Crippen molar-refractivity contribution in [2.75, 3.05) is 32.7 Å². The summed E-state index contributed by atoms with van der Waals surface area (Å²) in [6, 6.07) is 18.7. The van der Waals surface area contributed by atoms with Crippen molar-refractivity contribution in [3.05, 3.63) is 76.8 Å². The van der Waals surface area contributed by atoms with Crippen LogP contribution in [0.15, 0.2) is 60.7 Å². The molecule has 154 valence electrons. The lowest BCUT2D eigenvalue weighted by molar-refractivity contribution is -0.159. The first-order chi connectivity index (χ1) is 13.9. The smallest absolute Gasteiger partial charge is 0.414 e. The van der Waals surface area contributed by atoms with Crippen molar-refractivity contribution in [2.45, 2.75) is 6.54 Å². The average Bonchev–Trinajstić information content (AvgIpc) is 2.71. The quantitative estimate of drug-likeness (QED) is 0.728. The minimum Gasteiger partial charge on any atom is -0.473 e. The predicted octanol–water partition coefficient (Wildman–Crippen LogP) is 3.33. The maximum Gasteiger partial charge on any atom is 0.414 e. The van der Waals surface area contributed by atoms with Crippen molar-refractivity contribution in [3.8, 4) is 0 Å². The minimum atomic E-state index is -1.82. The summed E-state index contributed by atoms with van der Waals surface area (Å²) in [7, 11) is 0. The fourth-order valence-corrected chi connectivity index (χ4v) is 3.14. The maximum absolute atomic E-state index is 9.10. The second-order valence-electron chi connectivity index (χ2n) is 6.63. The Morgan fingerprint density at radius 2 is 1.52 bits per heavy atom. The second-order valence-corrected chi connectivity index (χ2v) is 7.07. The molecule has 29 heavy (non-hydrogen) atoms. The molecule has 1 fully saturated rings. The Morgan fingerprint density at radius 1 is 0.897 bits per heavy atom. The molecule has 0 aliphatic carbocycles. The summed E-state index contributed by atoms with van der Waals surface area (Å²) in [4.78, 5) is 23.2. The molecule has 0 amide bonds. The highest BCUT2D eigenvalue weighted by Gasteiger charge is 2.15. The van der Waals surface area contributed by atoms with Gasteiger partial charge in [-0.05, 0) is 23.3 Å². The zero-order valence-electron chi connectivity index (χ0n) is 16.1. The monoisotopic (exact) mass is 416 g/mol. The number of carbonyl (C=O) groups is 2. The SMILES string of the molecule is Clc1cccc(CN2CCN(CC=Cc3ccccc3)CC2)c1.O=C(O)C(=O)O. The Balaban J connectivity index is 0.000000438. The van der Waals surface area contributed by atoms with Crippen LogP contribution >= 0.6 is 11.6 Å². The van der Waals surface area contributed by atoms with E-state index in [2.05, 4.69) is 64.4 Å². The van der Waals surface area contributed by atoms with Gasteiger partial charge >= 0.3 is 11.9 Å². The van der Waals surface area contributed by atoms with Gasteiger partial charge in [-0.25, -0.2) is 9.59 Å². The van der Waals surface area contributed by atoms with Crippen molar-refractivity contribution >= 4 is 29.6 Å². The number of benzene rings is 2. The van der Waals surface area contributed by atoms with E-state index in [0.29, 0.717) is 0 Å². The molecule has 2 aromatic rings. The number of nitrogens with zero attached hydrogens (tertiary/aromatic N) is 2. The Morgan fingerprint density at radius 3 is 2.10 bits per heavy atom. The summed E-state index contributed by atoms with van der Waals surface area (Å²) in [5.41, 5.74) is 2.57.